The maximum absolute atomic E-state index is 12.7. The lowest BCUT2D eigenvalue weighted by atomic mass is 10.2. The lowest BCUT2D eigenvalue weighted by Crippen LogP contribution is -2.30. The number of rotatable bonds is 8. The fraction of sp³-hybridized carbons (Fsp3) is 0.136. The summed E-state index contributed by atoms with van der Waals surface area (Å²) >= 11 is 1.04. The van der Waals surface area contributed by atoms with Crippen LogP contribution in [-0.2, 0) is 24.3 Å². The van der Waals surface area contributed by atoms with Gasteiger partial charge in [-0.3, -0.25) is 14.3 Å². The fourth-order valence-electron chi connectivity index (χ4n) is 2.72. The number of anilines is 3. The summed E-state index contributed by atoms with van der Waals surface area (Å²) in [6.07, 6.45) is -1.16. The highest BCUT2D eigenvalue weighted by Crippen LogP contribution is 2.24. The first-order valence-corrected chi connectivity index (χ1v) is 12.1. The quantitative estimate of drug-likeness (QED) is 0.416. The van der Waals surface area contributed by atoms with Crippen molar-refractivity contribution < 1.29 is 27.5 Å². The average Bonchev–Trinajstić information content (AvgIpc) is 3.31. The van der Waals surface area contributed by atoms with Gasteiger partial charge in [-0.15, -0.1) is 11.3 Å². The number of nitrogens with one attached hydrogen (secondary N) is 3. The topological polar surface area (TPSA) is 131 Å². The van der Waals surface area contributed by atoms with E-state index >= 15 is 0 Å². The third-order valence-corrected chi connectivity index (χ3v) is 7.04. The highest BCUT2D eigenvalue weighted by molar-refractivity contribution is 7.94. The molecule has 11 heteroatoms. The molecule has 0 aliphatic carbocycles. The number of ether oxygens (including phenoxy) is 1. The maximum Gasteiger partial charge on any atom is 0.341 e. The van der Waals surface area contributed by atoms with Crippen LogP contribution in [0.15, 0.2) is 70.3 Å². The Morgan fingerprint density at radius 3 is 2.15 bits per heavy atom. The van der Waals surface area contributed by atoms with Gasteiger partial charge in [0.05, 0.1) is 11.3 Å². The molecule has 0 radical (unpaired) electrons. The molecule has 1 heterocycles. The molecule has 2 amide bonds. The lowest BCUT2D eigenvalue weighted by molar-refractivity contribution is -0.123. The van der Waals surface area contributed by atoms with Gasteiger partial charge in [0.25, 0.3) is 15.9 Å². The van der Waals surface area contributed by atoms with Crippen molar-refractivity contribution in [2.45, 2.75) is 24.2 Å². The summed E-state index contributed by atoms with van der Waals surface area (Å²) in [4.78, 5) is 36.2. The maximum atomic E-state index is 12.7. The third kappa shape index (κ3) is 6.40. The van der Waals surface area contributed by atoms with Gasteiger partial charge in [-0.1, -0.05) is 18.2 Å². The first kappa shape index (κ1) is 24.0. The van der Waals surface area contributed by atoms with Crippen LogP contribution in [-0.4, -0.2) is 32.3 Å². The van der Waals surface area contributed by atoms with Gasteiger partial charge in [0.2, 0.25) is 5.91 Å². The zero-order valence-corrected chi connectivity index (χ0v) is 19.3. The lowest BCUT2D eigenvalue weighted by Gasteiger charge is -2.16. The Kier molecular flexibility index (Phi) is 7.46. The van der Waals surface area contributed by atoms with Gasteiger partial charge < -0.3 is 15.4 Å². The first-order chi connectivity index (χ1) is 15.7. The van der Waals surface area contributed by atoms with Crippen LogP contribution < -0.4 is 15.4 Å². The molecule has 0 saturated heterocycles. The van der Waals surface area contributed by atoms with Crippen molar-refractivity contribution in [2.24, 2.45) is 0 Å². The Labute approximate surface area is 194 Å². The van der Waals surface area contributed by atoms with Crippen molar-refractivity contribution in [3.05, 3.63) is 71.6 Å². The summed E-state index contributed by atoms with van der Waals surface area (Å²) in [7, 11) is -3.87. The number of sulfonamides is 1. The Morgan fingerprint density at radius 1 is 0.909 bits per heavy atom. The molecule has 3 N–H and O–H groups in total. The summed E-state index contributed by atoms with van der Waals surface area (Å²) in [5.41, 5.74) is 1.02. The first-order valence-electron chi connectivity index (χ1n) is 9.70. The van der Waals surface area contributed by atoms with Gasteiger partial charge in [-0.25, -0.2) is 13.2 Å². The molecule has 1 aromatic heterocycles. The summed E-state index contributed by atoms with van der Waals surface area (Å²) in [6, 6.07) is 15.4. The van der Waals surface area contributed by atoms with E-state index in [1.54, 1.807) is 47.8 Å². The Morgan fingerprint density at radius 2 is 1.55 bits per heavy atom. The van der Waals surface area contributed by atoms with Crippen molar-refractivity contribution in [3.63, 3.8) is 0 Å². The molecule has 2 aromatic carbocycles. The zero-order chi connectivity index (χ0) is 24.0. The number of carbonyl (C=O) groups excluding carboxylic acids is 3. The number of carbonyl (C=O) groups is 3. The van der Waals surface area contributed by atoms with E-state index in [4.69, 9.17) is 4.74 Å². The van der Waals surface area contributed by atoms with Crippen molar-refractivity contribution in [1.29, 1.82) is 0 Å². The molecule has 9 nitrogen and oxygen atoms in total. The molecular weight excluding hydrogens is 466 g/mol. The average molecular weight is 488 g/mol. The summed E-state index contributed by atoms with van der Waals surface area (Å²) < 4.78 is 32.8. The molecule has 0 saturated carbocycles. The van der Waals surface area contributed by atoms with Crippen LogP contribution >= 0.6 is 11.3 Å². The second kappa shape index (κ2) is 10.3. The highest BCUT2D eigenvalue weighted by Gasteiger charge is 2.23. The minimum atomic E-state index is -3.87. The van der Waals surface area contributed by atoms with E-state index in [-0.39, 0.29) is 21.4 Å². The van der Waals surface area contributed by atoms with Gasteiger partial charge in [0, 0.05) is 18.3 Å². The van der Waals surface area contributed by atoms with Crippen LogP contribution in [0.1, 0.15) is 24.2 Å². The van der Waals surface area contributed by atoms with E-state index in [0.717, 1.165) is 11.3 Å². The number of thiophene rings is 1. The Balaban J connectivity index is 1.66. The van der Waals surface area contributed by atoms with Gasteiger partial charge >= 0.3 is 5.97 Å². The smallest absolute Gasteiger partial charge is 0.341 e. The van der Waals surface area contributed by atoms with Crippen LogP contribution in [0.2, 0.25) is 0 Å². The van der Waals surface area contributed by atoms with Gasteiger partial charge in [-0.2, -0.15) is 0 Å². The van der Waals surface area contributed by atoms with Gasteiger partial charge in [-0.05, 0) is 54.8 Å². The third-order valence-electron chi connectivity index (χ3n) is 4.28. The molecule has 3 aromatic rings. The summed E-state index contributed by atoms with van der Waals surface area (Å²) in [5.74, 6) is -1.65. The molecule has 0 aliphatic rings. The predicted octanol–water partition coefficient (Wildman–Crippen LogP) is 3.69. The van der Waals surface area contributed by atoms with Crippen LogP contribution in [0.4, 0.5) is 17.1 Å². The number of esters is 1. The Bertz CT molecular complexity index is 1260. The number of benzene rings is 2. The van der Waals surface area contributed by atoms with Crippen LogP contribution in [0.3, 0.4) is 0 Å². The summed E-state index contributed by atoms with van der Waals surface area (Å²) in [6.45, 7) is 2.79. The van der Waals surface area contributed by atoms with Gasteiger partial charge in [0.15, 0.2) is 6.10 Å². The fourth-order valence-corrected chi connectivity index (χ4v) is 4.80. The molecule has 0 fully saturated rings. The second-order valence-electron chi connectivity index (χ2n) is 6.88. The van der Waals surface area contributed by atoms with Crippen molar-refractivity contribution >= 4 is 56.2 Å². The molecule has 3 rings (SSSR count). The minimum absolute atomic E-state index is 0.0306. The van der Waals surface area contributed by atoms with E-state index in [9.17, 15) is 22.8 Å². The number of para-hydroxylation sites is 1. The van der Waals surface area contributed by atoms with E-state index in [1.165, 1.54) is 32.0 Å². The monoisotopic (exact) mass is 487 g/mol. The van der Waals surface area contributed by atoms with Crippen molar-refractivity contribution in [2.75, 3.05) is 15.4 Å². The second-order valence-corrected chi connectivity index (χ2v) is 9.74. The SMILES string of the molecule is CC(=O)Nc1ccc(NC(=O)[C@H](C)OC(=O)c2ccccc2NS(=O)(=O)c2cccs2)cc1. The molecule has 0 bridgehead atoms. The molecule has 172 valence electrons. The number of hydrogen-bond donors (Lipinski definition) is 3. The van der Waals surface area contributed by atoms with Crippen LogP contribution in [0, 0.1) is 0 Å². The molecule has 0 unspecified atom stereocenters. The van der Waals surface area contributed by atoms with Crippen LogP contribution in [0.25, 0.3) is 0 Å². The van der Waals surface area contributed by atoms with E-state index in [0.29, 0.717) is 11.4 Å². The van der Waals surface area contributed by atoms with Crippen molar-refractivity contribution in [1.82, 2.24) is 0 Å². The summed E-state index contributed by atoms with van der Waals surface area (Å²) in [5, 5.41) is 6.85. The molecule has 0 spiro atoms. The van der Waals surface area contributed by atoms with Gasteiger partial charge in [0.1, 0.15) is 4.21 Å². The molecular formula is C22H21N3O6S2. The van der Waals surface area contributed by atoms with Crippen LogP contribution in [0.5, 0.6) is 0 Å². The van der Waals surface area contributed by atoms with E-state index < -0.39 is 28.0 Å². The van der Waals surface area contributed by atoms with Crippen molar-refractivity contribution in [3.8, 4) is 0 Å². The number of amides is 2. The molecule has 1 atom stereocenters. The zero-order valence-electron chi connectivity index (χ0n) is 17.7. The Hall–Kier alpha value is -3.70. The van der Waals surface area contributed by atoms with E-state index in [2.05, 4.69) is 15.4 Å². The van der Waals surface area contributed by atoms with E-state index in [1.807, 2.05) is 0 Å². The largest absolute Gasteiger partial charge is 0.449 e. The highest BCUT2D eigenvalue weighted by atomic mass is 32.2. The standard InChI is InChI=1S/C22H21N3O6S2/c1-14(21(27)24-17-11-9-16(10-12-17)23-15(2)26)31-22(28)18-6-3-4-7-19(18)25-33(29,30)20-8-5-13-32-20/h3-14,25H,1-2H3,(H,23,26)(H,24,27)/t14-/m0/s1. The predicted molar refractivity (Wildman–Crippen MR) is 126 cm³/mol. The number of hydrogen-bond acceptors (Lipinski definition) is 7. The molecule has 0 aliphatic heterocycles. The normalized spacial score (nSPS) is 11.8. The molecule has 33 heavy (non-hydrogen) atoms. The minimum Gasteiger partial charge on any atom is -0.449 e.